The zero-order chi connectivity index (χ0) is 17.2. The van der Waals surface area contributed by atoms with E-state index in [0.717, 1.165) is 25.4 Å². The lowest BCUT2D eigenvalue weighted by Crippen LogP contribution is -2.53. The molecule has 4 rings (SSSR count). The normalized spacial score (nSPS) is 29.2. The van der Waals surface area contributed by atoms with Crippen LogP contribution in [0.4, 0.5) is 0 Å². The molecule has 0 N–H and O–H groups in total. The summed E-state index contributed by atoms with van der Waals surface area (Å²) in [5.74, 6) is 0.965. The Bertz CT molecular complexity index is 582. The van der Waals surface area contributed by atoms with Crippen LogP contribution in [0.15, 0.2) is 30.3 Å². The van der Waals surface area contributed by atoms with Gasteiger partial charge in [0.1, 0.15) is 0 Å². The Labute approximate surface area is 151 Å². The van der Waals surface area contributed by atoms with Crippen LogP contribution in [0.1, 0.15) is 31.2 Å². The summed E-state index contributed by atoms with van der Waals surface area (Å²) in [4.78, 5) is 19.3. The van der Waals surface area contributed by atoms with Gasteiger partial charge >= 0.3 is 0 Å². The highest BCUT2D eigenvalue weighted by Gasteiger charge is 2.42. The minimum absolute atomic E-state index is 0.354. The quantitative estimate of drug-likeness (QED) is 0.840. The maximum Gasteiger partial charge on any atom is 0.222 e. The number of nitrogens with zero attached hydrogens (tertiary/aromatic N) is 3. The number of rotatable bonds is 4. The van der Waals surface area contributed by atoms with Gasteiger partial charge < -0.3 is 9.80 Å². The maximum absolute atomic E-state index is 12.0. The van der Waals surface area contributed by atoms with E-state index >= 15 is 0 Å². The highest BCUT2D eigenvalue weighted by molar-refractivity contribution is 5.79. The van der Waals surface area contributed by atoms with Crippen LogP contribution in [-0.2, 0) is 11.2 Å². The molecule has 136 valence electrons. The fraction of sp³-hybridized carbons (Fsp3) is 0.667. The van der Waals surface area contributed by atoms with E-state index in [-0.39, 0.29) is 0 Å². The number of likely N-dealkylation sites (N-methyl/N-ethyl adjacent to an activating group) is 1. The fourth-order valence-corrected chi connectivity index (χ4v) is 5.01. The topological polar surface area (TPSA) is 26.8 Å². The molecule has 3 saturated heterocycles. The van der Waals surface area contributed by atoms with Gasteiger partial charge in [0.15, 0.2) is 0 Å². The van der Waals surface area contributed by atoms with Crippen molar-refractivity contribution in [3.63, 3.8) is 0 Å². The predicted molar refractivity (Wildman–Crippen MR) is 100 cm³/mol. The van der Waals surface area contributed by atoms with Gasteiger partial charge in [-0.2, -0.15) is 0 Å². The van der Waals surface area contributed by atoms with E-state index in [0.29, 0.717) is 17.9 Å². The second-order valence-electron chi connectivity index (χ2n) is 8.13. The molecule has 1 aromatic carbocycles. The summed E-state index contributed by atoms with van der Waals surface area (Å²) in [5, 5.41) is 0. The SMILES string of the molecule is CN1C(=O)C[C@H]2CCN(C3CCN(CCc4ccccc4)CC3)C[C@H]21. The minimum atomic E-state index is 0.354. The summed E-state index contributed by atoms with van der Waals surface area (Å²) < 4.78 is 0. The number of fused-ring (bicyclic) bond motifs is 1. The van der Waals surface area contributed by atoms with Crippen molar-refractivity contribution in [3.8, 4) is 0 Å². The standard InChI is InChI=1S/C21H31N3O/c1-22-20-16-24(14-8-18(20)15-21(22)25)19-9-12-23(13-10-19)11-7-17-5-3-2-4-6-17/h2-6,18-20H,7-16H2,1H3/t18-,20-/m1/s1. The Morgan fingerprint density at radius 2 is 1.80 bits per heavy atom. The molecule has 0 saturated carbocycles. The Morgan fingerprint density at radius 1 is 1.04 bits per heavy atom. The number of carbonyl (C=O) groups is 1. The van der Waals surface area contributed by atoms with Crippen molar-refractivity contribution in [2.24, 2.45) is 5.92 Å². The molecule has 0 aliphatic carbocycles. The first-order chi connectivity index (χ1) is 12.2. The van der Waals surface area contributed by atoms with Crippen molar-refractivity contribution < 1.29 is 4.79 Å². The number of amides is 1. The maximum atomic E-state index is 12.0. The molecule has 0 radical (unpaired) electrons. The number of benzene rings is 1. The first kappa shape index (κ1) is 17.0. The lowest BCUT2D eigenvalue weighted by molar-refractivity contribution is -0.127. The third kappa shape index (κ3) is 3.75. The van der Waals surface area contributed by atoms with E-state index in [1.54, 1.807) is 0 Å². The van der Waals surface area contributed by atoms with Crippen LogP contribution in [0, 0.1) is 5.92 Å². The molecule has 2 atom stereocenters. The molecule has 0 bridgehead atoms. The molecule has 4 nitrogen and oxygen atoms in total. The van der Waals surface area contributed by atoms with Gasteiger partial charge in [0.2, 0.25) is 5.91 Å². The van der Waals surface area contributed by atoms with Crippen molar-refractivity contribution in [3.05, 3.63) is 35.9 Å². The highest BCUT2D eigenvalue weighted by atomic mass is 16.2. The first-order valence-electron chi connectivity index (χ1n) is 9.96. The monoisotopic (exact) mass is 341 g/mol. The summed E-state index contributed by atoms with van der Waals surface area (Å²) in [7, 11) is 2.00. The van der Waals surface area contributed by atoms with Crippen LogP contribution < -0.4 is 0 Å². The summed E-state index contributed by atoms with van der Waals surface area (Å²) in [6, 6.07) is 12.0. The fourth-order valence-electron chi connectivity index (χ4n) is 5.01. The van der Waals surface area contributed by atoms with Crippen LogP contribution in [0.25, 0.3) is 0 Å². The van der Waals surface area contributed by atoms with Crippen LogP contribution in [0.2, 0.25) is 0 Å². The predicted octanol–water partition coefficient (Wildman–Crippen LogP) is 2.25. The van der Waals surface area contributed by atoms with Gasteiger partial charge in [0.25, 0.3) is 0 Å². The smallest absolute Gasteiger partial charge is 0.222 e. The summed E-state index contributed by atoms with van der Waals surface area (Å²) in [5.41, 5.74) is 1.45. The summed E-state index contributed by atoms with van der Waals surface area (Å²) >= 11 is 0. The highest BCUT2D eigenvalue weighted by Crippen LogP contribution is 2.33. The molecule has 3 heterocycles. The van der Waals surface area contributed by atoms with Gasteiger partial charge in [-0.05, 0) is 56.8 Å². The zero-order valence-electron chi connectivity index (χ0n) is 15.4. The van der Waals surface area contributed by atoms with Crippen molar-refractivity contribution in [2.45, 2.75) is 44.2 Å². The minimum Gasteiger partial charge on any atom is -0.341 e. The van der Waals surface area contributed by atoms with Crippen LogP contribution in [0.5, 0.6) is 0 Å². The largest absolute Gasteiger partial charge is 0.341 e. The lowest BCUT2D eigenvalue weighted by atomic mass is 9.90. The van der Waals surface area contributed by atoms with Crippen LogP contribution in [0.3, 0.4) is 0 Å². The summed E-state index contributed by atoms with van der Waals surface area (Å²) in [6.07, 6.45) is 5.71. The third-order valence-electron chi connectivity index (χ3n) is 6.71. The molecular formula is C21H31N3O. The second-order valence-corrected chi connectivity index (χ2v) is 8.13. The molecule has 3 aliphatic rings. The van der Waals surface area contributed by atoms with E-state index in [2.05, 4.69) is 40.1 Å². The van der Waals surface area contributed by atoms with E-state index in [1.807, 2.05) is 11.9 Å². The lowest BCUT2D eigenvalue weighted by Gasteiger charge is -2.44. The van der Waals surface area contributed by atoms with Crippen LogP contribution >= 0.6 is 0 Å². The molecule has 1 amide bonds. The van der Waals surface area contributed by atoms with E-state index in [1.165, 1.54) is 51.0 Å². The molecular weight excluding hydrogens is 310 g/mol. The van der Waals surface area contributed by atoms with E-state index in [9.17, 15) is 4.79 Å². The molecule has 1 aromatic rings. The number of likely N-dealkylation sites (tertiary alicyclic amines) is 3. The van der Waals surface area contributed by atoms with Crippen LogP contribution in [-0.4, -0.2) is 72.5 Å². The molecule has 25 heavy (non-hydrogen) atoms. The first-order valence-corrected chi connectivity index (χ1v) is 9.96. The van der Waals surface area contributed by atoms with E-state index in [4.69, 9.17) is 0 Å². The zero-order valence-corrected chi connectivity index (χ0v) is 15.4. The van der Waals surface area contributed by atoms with Crippen molar-refractivity contribution >= 4 is 5.91 Å². The Hall–Kier alpha value is -1.39. The number of hydrogen-bond donors (Lipinski definition) is 0. The Balaban J connectivity index is 1.24. The van der Waals surface area contributed by atoms with Crippen molar-refractivity contribution in [2.75, 3.05) is 39.8 Å². The average Bonchev–Trinajstić information content (AvgIpc) is 2.95. The third-order valence-corrected chi connectivity index (χ3v) is 6.71. The number of piperidine rings is 2. The van der Waals surface area contributed by atoms with E-state index < -0.39 is 0 Å². The van der Waals surface area contributed by atoms with Gasteiger partial charge in [-0.3, -0.25) is 9.69 Å². The second kappa shape index (κ2) is 7.46. The van der Waals surface area contributed by atoms with Gasteiger partial charge in [0, 0.05) is 38.6 Å². The van der Waals surface area contributed by atoms with Gasteiger partial charge in [-0.1, -0.05) is 30.3 Å². The van der Waals surface area contributed by atoms with Gasteiger partial charge in [-0.15, -0.1) is 0 Å². The van der Waals surface area contributed by atoms with Crippen molar-refractivity contribution in [1.29, 1.82) is 0 Å². The number of hydrogen-bond acceptors (Lipinski definition) is 3. The summed E-state index contributed by atoms with van der Waals surface area (Å²) in [6.45, 7) is 5.91. The van der Waals surface area contributed by atoms with Gasteiger partial charge in [0.05, 0.1) is 0 Å². The molecule has 0 spiro atoms. The number of carbonyl (C=O) groups excluding carboxylic acids is 1. The Kier molecular flexibility index (Phi) is 5.09. The Morgan fingerprint density at radius 3 is 2.56 bits per heavy atom. The van der Waals surface area contributed by atoms with Gasteiger partial charge in [-0.25, -0.2) is 0 Å². The molecule has 3 fully saturated rings. The molecule has 4 heteroatoms. The molecule has 0 aromatic heterocycles. The average molecular weight is 341 g/mol. The molecule has 0 unspecified atom stereocenters. The molecule has 3 aliphatic heterocycles. The van der Waals surface area contributed by atoms with Crippen molar-refractivity contribution in [1.82, 2.24) is 14.7 Å².